The highest BCUT2D eigenvalue weighted by atomic mass is 16.5. The minimum absolute atomic E-state index is 0.698. The van der Waals surface area contributed by atoms with E-state index in [9.17, 15) is 0 Å². The van der Waals surface area contributed by atoms with E-state index in [4.69, 9.17) is 9.47 Å². The van der Waals surface area contributed by atoms with Gasteiger partial charge in [-0.15, -0.1) is 0 Å². The van der Waals surface area contributed by atoms with Crippen LogP contribution in [0.15, 0.2) is 0 Å². The van der Waals surface area contributed by atoms with Crippen LogP contribution in [0.3, 0.4) is 0 Å². The molecule has 0 radical (unpaired) electrons. The fourth-order valence-electron chi connectivity index (χ4n) is 2.40. The van der Waals surface area contributed by atoms with Gasteiger partial charge in [-0.3, -0.25) is 0 Å². The average Bonchev–Trinajstić information content (AvgIpc) is 2.42. The molecule has 1 rings (SSSR count). The molecule has 0 spiro atoms. The summed E-state index contributed by atoms with van der Waals surface area (Å²) in [5, 5.41) is 3.61. The second-order valence-corrected chi connectivity index (χ2v) is 5.00. The van der Waals surface area contributed by atoms with E-state index in [0.29, 0.717) is 19.3 Å². The lowest BCUT2D eigenvalue weighted by atomic mass is 10.0. The number of hydrogen-bond donors (Lipinski definition) is 1. The summed E-state index contributed by atoms with van der Waals surface area (Å²) >= 11 is 0. The van der Waals surface area contributed by atoms with E-state index in [1.807, 2.05) is 0 Å². The van der Waals surface area contributed by atoms with Crippen LogP contribution in [0.1, 0.15) is 32.6 Å². The molecule has 1 unspecified atom stereocenters. The third-order valence-electron chi connectivity index (χ3n) is 3.53. The number of rotatable bonds is 10. The molecular weight excluding hydrogens is 228 g/mol. The summed E-state index contributed by atoms with van der Waals surface area (Å²) in [6.45, 7) is 9.16. The minimum Gasteiger partial charge on any atom is -0.382 e. The minimum atomic E-state index is 0.698. The van der Waals surface area contributed by atoms with E-state index < -0.39 is 0 Å². The second-order valence-electron chi connectivity index (χ2n) is 5.00. The molecule has 0 aromatic heterocycles. The molecule has 0 aliphatic carbocycles. The summed E-state index contributed by atoms with van der Waals surface area (Å²) < 4.78 is 10.4. The molecule has 0 amide bonds. The molecule has 1 N–H and O–H groups in total. The molecule has 1 saturated heterocycles. The molecule has 1 heterocycles. The van der Waals surface area contributed by atoms with E-state index >= 15 is 0 Å². The van der Waals surface area contributed by atoms with Crippen molar-refractivity contribution in [3.05, 3.63) is 0 Å². The maximum absolute atomic E-state index is 5.49. The van der Waals surface area contributed by atoms with Crippen LogP contribution < -0.4 is 5.32 Å². The highest BCUT2D eigenvalue weighted by Crippen LogP contribution is 2.08. The van der Waals surface area contributed by atoms with E-state index in [0.717, 1.165) is 26.1 Å². The SMILES string of the molecule is CCN(CCCOCCOC)CC1CCCCN1. The molecule has 1 fully saturated rings. The second kappa shape index (κ2) is 10.7. The van der Waals surface area contributed by atoms with Gasteiger partial charge < -0.3 is 19.7 Å². The molecule has 0 saturated carbocycles. The first-order valence-corrected chi connectivity index (χ1v) is 7.39. The van der Waals surface area contributed by atoms with E-state index in [-0.39, 0.29) is 0 Å². The van der Waals surface area contributed by atoms with Gasteiger partial charge >= 0.3 is 0 Å². The number of piperidine rings is 1. The summed E-state index contributed by atoms with van der Waals surface area (Å²) in [4.78, 5) is 2.53. The fourth-order valence-corrected chi connectivity index (χ4v) is 2.40. The predicted molar refractivity (Wildman–Crippen MR) is 75.1 cm³/mol. The van der Waals surface area contributed by atoms with E-state index in [1.54, 1.807) is 7.11 Å². The lowest BCUT2D eigenvalue weighted by molar-refractivity contribution is 0.0648. The molecule has 1 atom stereocenters. The smallest absolute Gasteiger partial charge is 0.0700 e. The van der Waals surface area contributed by atoms with Crippen LogP contribution in [0.25, 0.3) is 0 Å². The summed E-state index contributed by atoms with van der Waals surface area (Å²) in [5.74, 6) is 0. The van der Waals surface area contributed by atoms with Crippen molar-refractivity contribution < 1.29 is 9.47 Å². The van der Waals surface area contributed by atoms with Crippen molar-refractivity contribution in [2.24, 2.45) is 0 Å². The number of ether oxygens (including phenoxy) is 2. The lowest BCUT2D eigenvalue weighted by Gasteiger charge is -2.29. The van der Waals surface area contributed by atoms with Crippen LogP contribution in [0, 0.1) is 0 Å². The standard InChI is InChI=1S/C14H30N2O2/c1-3-16(9-6-10-18-12-11-17-2)13-14-7-4-5-8-15-14/h14-15H,3-13H2,1-2H3. The Morgan fingerprint density at radius 3 is 2.78 bits per heavy atom. The van der Waals surface area contributed by atoms with Gasteiger partial charge in [0, 0.05) is 32.8 Å². The number of methoxy groups -OCH3 is 1. The summed E-state index contributed by atoms with van der Waals surface area (Å²) in [5.41, 5.74) is 0. The zero-order valence-electron chi connectivity index (χ0n) is 12.1. The quantitative estimate of drug-likeness (QED) is 0.602. The Bertz CT molecular complexity index is 185. The van der Waals surface area contributed by atoms with Gasteiger partial charge in [0.2, 0.25) is 0 Å². The number of nitrogens with zero attached hydrogens (tertiary/aromatic N) is 1. The summed E-state index contributed by atoms with van der Waals surface area (Å²) in [6.07, 6.45) is 5.18. The first-order valence-electron chi connectivity index (χ1n) is 7.39. The van der Waals surface area contributed by atoms with Crippen LogP contribution in [0.5, 0.6) is 0 Å². The van der Waals surface area contributed by atoms with E-state index in [2.05, 4.69) is 17.1 Å². The Morgan fingerprint density at radius 2 is 2.11 bits per heavy atom. The Morgan fingerprint density at radius 1 is 1.22 bits per heavy atom. The van der Waals surface area contributed by atoms with Gasteiger partial charge in [0.25, 0.3) is 0 Å². The summed E-state index contributed by atoms with van der Waals surface area (Å²) in [7, 11) is 1.71. The highest BCUT2D eigenvalue weighted by Gasteiger charge is 2.15. The Hall–Kier alpha value is -0.160. The molecular formula is C14H30N2O2. The zero-order valence-corrected chi connectivity index (χ0v) is 12.1. The van der Waals surface area contributed by atoms with Crippen molar-refractivity contribution in [1.82, 2.24) is 10.2 Å². The van der Waals surface area contributed by atoms with Crippen molar-refractivity contribution >= 4 is 0 Å². The van der Waals surface area contributed by atoms with Crippen molar-refractivity contribution in [1.29, 1.82) is 0 Å². The lowest BCUT2D eigenvalue weighted by Crippen LogP contribution is -2.44. The molecule has 0 bridgehead atoms. The topological polar surface area (TPSA) is 33.7 Å². The largest absolute Gasteiger partial charge is 0.382 e. The van der Waals surface area contributed by atoms with Gasteiger partial charge in [0.15, 0.2) is 0 Å². The molecule has 1 aliphatic rings. The van der Waals surface area contributed by atoms with Gasteiger partial charge in [-0.05, 0) is 32.4 Å². The predicted octanol–water partition coefficient (Wildman–Crippen LogP) is 1.50. The molecule has 0 aromatic rings. The number of hydrogen-bond acceptors (Lipinski definition) is 4. The maximum atomic E-state index is 5.49. The molecule has 4 nitrogen and oxygen atoms in total. The van der Waals surface area contributed by atoms with Crippen molar-refractivity contribution in [3.8, 4) is 0 Å². The van der Waals surface area contributed by atoms with E-state index in [1.165, 1.54) is 32.4 Å². The first kappa shape index (κ1) is 15.9. The highest BCUT2D eigenvalue weighted by molar-refractivity contribution is 4.75. The van der Waals surface area contributed by atoms with Gasteiger partial charge in [-0.2, -0.15) is 0 Å². The molecule has 1 aliphatic heterocycles. The van der Waals surface area contributed by atoms with Crippen LogP contribution in [-0.4, -0.2) is 64.1 Å². The number of nitrogens with one attached hydrogen (secondary N) is 1. The zero-order chi connectivity index (χ0) is 13.1. The van der Waals surface area contributed by atoms with Gasteiger partial charge in [-0.25, -0.2) is 0 Å². The maximum Gasteiger partial charge on any atom is 0.0700 e. The normalized spacial score (nSPS) is 20.5. The monoisotopic (exact) mass is 258 g/mol. The Labute approximate surface area is 112 Å². The molecule has 0 aromatic carbocycles. The van der Waals surface area contributed by atoms with Crippen LogP contribution in [0.4, 0.5) is 0 Å². The molecule has 4 heteroatoms. The Kier molecular flexibility index (Phi) is 9.48. The third kappa shape index (κ3) is 7.31. The number of likely N-dealkylation sites (N-methyl/N-ethyl adjacent to an activating group) is 1. The fraction of sp³-hybridized carbons (Fsp3) is 1.00. The van der Waals surface area contributed by atoms with Gasteiger partial charge in [0.05, 0.1) is 13.2 Å². The van der Waals surface area contributed by atoms with Gasteiger partial charge in [-0.1, -0.05) is 13.3 Å². The average molecular weight is 258 g/mol. The first-order chi connectivity index (χ1) is 8.86. The molecule has 108 valence electrons. The summed E-state index contributed by atoms with van der Waals surface area (Å²) in [6, 6.07) is 0.702. The van der Waals surface area contributed by atoms with Crippen molar-refractivity contribution in [2.75, 3.05) is 53.1 Å². The van der Waals surface area contributed by atoms with Crippen LogP contribution in [-0.2, 0) is 9.47 Å². The van der Waals surface area contributed by atoms with Crippen LogP contribution >= 0.6 is 0 Å². The van der Waals surface area contributed by atoms with Gasteiger partial charge in [0.1, 0.15) is 0 Å². The van der Waals surface area contributed by atoms with Crippen LogP contribution in [0.2, 0.25) is 0 Å². The molecule has 18 heavy (non-hydrogen) atoms. The third-order valence-corrected chi connectivity index (χ3v) is 3.53. The van der Waals surface area contributed by atoms with Crippen molar-refractivity contribution in [2.45, 2.75) is 38.6 Å². The Balaban J connectivity index is 2.01. The van der Waals surface area contributed by atoms with Crippen molar-refractivity contribution in [3.63, 3.8) is 0 Å².